The lowest BCUT2D eigenvalue weighted by Gasteiger charge is -2.08. The van der Waals surface area contributed by atoms with Crippen molar-refractivity contribution in [1.82, 2.24) is 0 Å². The van der Waals surface area contributed by atoms with Crippen LogP contribution in [0.5, 0.6) is 0 Å². The Labute approximate surface area is 64.6 Å². The van der Waals surface area contributed by atoms with Crippen LogP contribution in [0.25, 0.3) is 0 Å². The predicted octanol–water partition coefficient (Wildman–Crippen LogP) is 0.835. The quantitative estimate of drug-likeness (QED) is 0.455. The third-order valence-electron chi connectivity index (χ3n) is 0.688. The van der Waals surface area contributed by atoms with Crippen molar-refractivity contribution in [3.63, 3.8) is 0 Å². The van der Waals surface area contributed by atoms with E-state index in [1.807, 2.05) is 6.92 Å². The molecule has 0 amide bonds. The zero-order valence-electron chi connectivity index (χ0n) is 6.92. The van der Waals surface area contributed by atoms with Gasteiger partial charge in [0, 0.05) is 20.8 Å². The molecule has 0 heterocycles. The van der Waals surface area contributed by atoms with Gasteiger partial charge in [-0.05, 0) is 6.92 Å². The lowest BCUT2D eigenvalue weighted by atomic mass is 10.9. The van der Waals surface area contributed by atoms with Crippen molar-refractivity contribution >= 4 is 9.53 Å². The third kappa shape index (κ3) is 7.84. The van der Waals surface area contributed by atoms with Crippen LogP contribution in [0.4, 0.5) is 0 Å². The van der Waals surface area contributed by atoms with Crippen molar-refractivity contribution in [2.45, 2.75) is 6.92 Å². The van der Waals surface area contributed by atoms with Gasteiger partial charge >= 0.3 is 9.53 Å². The highest BCUT2D eigenvalue weighted by Gasteiger charge is 2.07. The van der Waals surface area contributed by atoms with Gasteiger partial charge in [-0.1, -0.05) is 0 Å². The van der Waals surface area contributed by atoms with E-state index in [2.05, 4.69) is 13.2 Å². The average Bonchev–Trinajstić information content (AvgIpc) is 2.04. The minimum Gasteiger partial charge on any atom is -0.379 e. The Kier molecular flexibility index (Phi) is 14.5. The molecule has 10 heavy (non-hydrogen) atoms. The molecule has 0 radical (unpaired) electrons. The van der Waals surface area contributed by atoms with Crippen LogP contribution in [0.2, 0.25) is 0 Å². The molecule has 3 nitrogen and oxygen atoms in total. The molecule has 0 fully saturated rings. The second-order valence-corrected chi connectivity index (χ2v) is 3.07. The van der Waals surface area contributed by atoms with E-state index in [0.717, 1.165) is 0 Å². The minimum atomic E-state index is -1.69. The molecule has 0 unspecified atom stereocenters. The summed E-state index contributed by atoms with van der Waals surface area (Å²) in [5.41, 5.74) is 0. The second kappa shape index (κ2) is 11.6. The maximum atomic E-state index is 5.03. The molecule has 0 N–H and O–H groups in total. The van der Waals surface area contributed by atoms with Crippen LogP contribution >= 0.6 is 0 Å². The fourth-order valence-corrected chi connectivity index (χ4v) is 1.11. The minimum absolute atomic E-state index is 0.665. The summed E-state index contributed by atoms with van der Waals surface area (Å²) in [6.07, 6.45) is 0. The van der Waals surface area contributed by atoms with Gasteiger partial charge in [-0.3, -0.25) is 0 Å². The van der Waals surface area contributed by atoms with Crippen molar-refractivity contribution < 1.29 is 13.3 Å². The number of hydrogen-bond donors (Lipinski definition) is 0. The van der Waals surface area contributed by atoms with Gasteiger partial charge in [-0.25, -0.2) is 0 Å². The van der Waals surface area contributed by atoms with E-state index in [1.54, 1.807) is 14.2 Å². The summed E-state index contributed by atoms with van der Waals surface area (Å²) in [4.78, 5) is 0. The molecule has 0 aromatic rings. The second-order valence-electron chi connectivity index (χ2n) is 1.22. The summed E-state index contributed by atoms with van der Waals surface area (Å²) in [7, 11) is 1.49. The first kappa shape index (κ1) is 12.5. The molecule has 0 saturated carbocycles. The maximum absolute atomic E-state index is 5.03. The van der Waals surface area contributed by atoms with Gasteiger partial charge in [0.25, 0.3) is 0 Å². The van der Waals surface area contributed by atoms with E-state index < -0.39 is 9.53 Å². The summed E-state index contributed by atoms with van der Waals surface area (Å²) in [5, 5.41) is 0. The summed E-state index contributed by atoms with van der Waals surface area (Å²) in [5.74, 6) is 0. The van der Waals surface area contributed by atoms with Crippen molar-refractivity contribution in [3.8, 4) is 0 Å². The van der Waals surface area contributed by atoms with Gasteiger partial charge < -0.3 is 13.3 Å². The predicted molar refractivity (Wildman–Crippen MR) is 44.0 cm³/mol. The van der Waals surface area contributed by atoms with Crippen LogP contribution in [0.3, 0.4) is 0 Å². The molecule has 0 aromatic carbocycles. The Hall–Kier alpha value is -0.163. The molecule has 0 aromatic heterocycles. The van der Waals surface area contributed by atoms with E-state index in [-0.39, 0.29) is 0 Å². The molecule has 0 rings (SSSR count). The zero-order valence-corrected chi connectivity index (χ0v) is 8.08. The van der Waals surface area contributed by atoms with Crippen LogP contribution < -0.4 is 0 Å². The fourth-order valence-electron chi connectivity index (χ4n) is 0.368. The molecule has 0 aliphatic heterocycles. The van der Waals surface area contributed by atoms with E-state index in [4.69, 9.17) is 13.3 Å². The van der Waals surface area contributed by atoms with Crippen molar-refractivity contribution in [1.29, 1.82) is 0 Å². The van der Waals surface area contributed by atoms with Crippen LogP contribution in [-0.2, 0) is 13.3 Å². The standard InChI is InChI=1S/C4H12O3Si.C2H4/c1-4-7-8(5-2)6-3;1-2/h8H,4H2,1-3H3;1-2H2. The van der Waals surface area contributed by atoms with Gasteiger partial charge in [-0.15, -0.1) is 13.2 Å². The lowest BCUT2D eigenvalue weighted by molar-refractivity contribution is 0.142. The largest absolute Gasteiger partial charge is 0.483 e. The molecule has 0 spiro atoms. The first-order valence-electron chi connectivity index (χ1n) is 3.02. The van der Waals surface area contributed by atoms with Crippen molar-refractivity contribution in [2.75, 3.05) is 20.8 Å². The molecular weight excluding hydrogens is 148 g/mol. The molecule has 0 aliphatic carbocycles. The fraction of sp³-hybridized carbons (Fsp3) is 0.667. The molecule has 0 saturated heterocycles. The highest BCUT2D eigenvalue weighted by molar-refractivity contribution is 6.36. The summed E-state index contributed by atoms with van der Waals surface area (Å²) in [6.45, 7) is 8.58. The number of hydrogen-bond acceptors (Lipinski definition) is 3. The molecule has 4 heteroatoms. The first-order chi connectivity index (χ1) is 4.85. The van der Waals surface area contributed by atoms with Gasteiger partial charge in [0.15, 0.2) is 0 Å². The van der Waals surface area contributed by atoms with Crippen LogP contribution in [0, 0.1) is 0 Å². The average molecular weight is 164 g/mol. The summed E-state index contributed by atoms with van der Waals surface area (Å²) in [6, 6.07) is 0. The van der Waals surface area contributed by atoms with Gasteiger partial charge in [0.2, 0.25) is 0 Å². The number of rotatable bonds is 4. The third-order valence-corrected chi connectivity index (χ3v) is 2.06. The highest BCUT2D eigenvalue weighted by Crippen LogP contribution is 1.85. The van der Waals surface area contributed by atoms with E-state index >= 15 is 0 Å². The van der Waals surface area contributed by atoms with Crippen LogP contribution in [0.15, 0.2) is 13.2 Å². The van der Waals surface area contributed by atoms with E-state index in [9.17, 15) is 0 Å². The van der Waals surface area contributed by atoms with Gasteiger partial charge in [0.1, 0.15) is 0 Å². The lowest BCUT2D eigenvalue weighted by Crippen LogP contribution is -2.23. The molecule has 0 bridgehead atoms. The van der Waals surface area contributed by atoms with Gasteiger partial charge in [-0.2, -0.15) is 0 Å². The van der Waals surface area contributed by atoms with Gasteiger partial charge in [0.05, 0.1) is 0 Å². The molecule has 0 aliphatic rings. The van der Waals surface area contributed by atoms with Crippen molar-refractivity contribution in [3.05, 3.63) is 13.2 Å². The topological polar surface area (TPSA) is 27.7 Å². The zero-order chi connectivity index (χ0) is 8.41. The van der Waals surface area contributed by atoms with Crippen LogP contribution in [-0.4, -0.2) is 30.4 Å². The SMILES string of the molecule is C=C.CCO[SiH](OC)OC. The van der Waals surface area contributed by atoms with E-state index in [1.165, 1.54) is 0 Å². The van der Waals surface area contributed by atoms with Crippen molar-refractivity contribution in [2.24, 2.45) is 0 Å². The Balaban J connectivity index is 0. The van der Waals surface area contributed by atoms with Crippen LogP contribution in [0.1, 0.15) is 6.92 Å². The normalized spacial score (nSPS) is 8.80. The smallest absolute Gasteiger partial charge is 0.379 e. The molecular formula is C6H16O3Si. The maximum Gasteiger partial charge on any atom is 0.483 e. The Morgan fingerprint density at radius 1 is 1.20 bits per heavy atom. The Bertz CT molecular complexity index is 57.0. The van der Waals surface area contributed by atoms with E-state index in [0.29, 0.717) is 6.61 Å². The Morgan fingerprint density at radius 2 is 1.60 bits per heavy atom. The molecule has 62 valence electrons. The summed E-state index contributed by atoms with van der Waals surface area (Å²) >= 11 is 0. The monoisotopic (exact) mass is 164 g/mol. The molecule has 0 atom stereocenters. The summed E-state index contributed by atoms with van der Waals surface area (Å²) < 4.78 is 14.7. The Morgan fingerprint density at radius 3 is 1.70 bits per heavy atom. The highest BCUT2D eigenvalue weighted by atomic mass is 28.3. The first-order valence-corrected chi connectivity index (χ1v) is 4.43.